The molecule has 0 spiro atoms. The third kappa shape index (κ3) is 2.96. The summed E-state index contributed by atoms with van der Waals surface area (Å²) >= 11 is 4.72. The van der Waals surface area contributed by atoms with Crippen LogP contribution < -0.4 is 15.8 Å². The second-order valence-corrected chi connectivity index (χ2v) is 2.92. The highest BCUT2D eigenvalue weighted by atomic mass is 32.1. The van der Waals surface area contributed by atoms with Crippen LogP contribution in [0.2, 0.25) is 0 Å². The zero-order valence-electron chi connectivity index (χ0n) is 7.49. The molecule has 0 aliphatic carbocycles. The van der Waals surface area contributed by atoms with Gasteiger partial charge in [-0.05, 0) is 24.4 Å². The van der Waals surface area contributed by atoms with E-state index >= 15 is 0 Å². The molecule has 0 aromatic heterocycles. The Kier molecular flexibility index (Phi) is 3.77. The fourth-order valence-corrected chi connectivity index (χ4v) is 1.06. The molecule has 3 nitrogen and oxygen atoms in total. The quantitative estimate of drug-likeness (QED) is 0.579. The van der Waals surface area contributed by atoms with Gasteiger partial charge in [-0.1, -0.05) is 18.1 Å². The van der Waals surface area contributed by atoms with Gasteiger partial charge in [0.2, 0.25) is 0 Å². The highest BCUT2D eigenvalue weighted by Gasteiger charge is 2.01. The van der Waals surface area contributed by atoms with E-state index in [0.717, 1.165) is 5.69 Å². The summed E-state index contributed by atoms with van der Waals surface area (Å²) in [5.74, 6) is 3.02. The maximum absolute atomic E-state index is 5.35. The minimum absolute atomic E-state index is 0.196. The Balaban J connectivity index is 2.81. The lowest BCUT2D eigenvalue weighted by Gasteiger charge is -2.09. The third-order valence-electron chi connectivity index (χ3n) is 1.46. The molecule has 0 saturated heterocycles. The number of hydrogen-bond acceptors (Lipinski definition) is 2. The lowest BCUT2D eigenvalue weighted by atomic mass is 10.3. The number of rotatable bonds is 3. The van der Waals surface area contributed by atoms with Crippen LogP contribution in [0, 0.1) is 12.3 Å². The standard InChI is InChI=1S/C10H10N2OS/c1-2-7-13-9-6-4-3-5-8(9)12-10(11)14/h1,3-6H,7H2,(H3,11,12,14). The first-order valence-electron chi connectivity index (χ1n) is 3.96. The van der Waals surface area contributed by atoms with E-state index in [1.54, 1.807) is 6.07 Å². The number of benzene rings is 1. The molecule has 14 heavy (non-hydrogen) atoms. The Bertz CT molecular complexity index is 371. The van der Waals surface area contributed by atoms with Crippen LogP contribution in [0.4, 0.5) is 5.69 Å². The molecule has 0 unspecified atom stereocenters. The molecule has 4 heteroatoms. The summed E-state index contributed by atoms with van der Waals surface area (Å²) in [6.45, 7) is 0.218. The first-order valence-corrected chi connectivity index (χ1v) is 4.36. The lowest BCUT2D eigenvalue weighted by Crippen LogP contribution is -2.19. The van der Waals surface area contributed by atoms with Crippen LogP contribution in [0.3, 0.4) is 0 Å². The van der Waals surface area contributed by atoms with E-state index in [-0.39, 0.29) is 11.7 Å². The molecule has 0 heterocycles. The Morgan fingerprint density at radius 3 is 2.93 bits per heavy atom. The second kappa shape index (κ2) is 5.10. The normalized spacial score (nSPS) is 8.79. The fraction of sp³-hybridized carbons (Fsp3) is 0.100. The molecule has 0 aliphatic heterocycles. The summed E-state index contributed by atoms with van der Waals surface area (Å²) in [5.41, 5.74) is 6.06. The molecule has 0 aliphatic rings. The Hall–Kier alpha value is -1.73. The van der Waals surface area contributed by atoms with Gasteiger partial charge in [-0.25, -0.2) is 0 Å². The average molecular weight is 206 g/mol. The Morgan fingerprint density at radius 2 is 2.29 bits per heavy atom. The summed E-state index contributed by atoms with van der Waals surface area (Å²) in [4.78, 5) is 0. The summed E-state index contributed by atoms with van der Waals surface area (Å²) in [6, 6.07) is 7.29. The number of nitrogens with two attached hydrogens (primary N) is 1. The minimum Gasteiger partial charge on any atom is -0.479 e. The van der Waals surface area contributed by atoms with Crippen LogP contribution in [0.1, 0.15) is 0 Å². The number of ether oxygens (including phenoxy) is 1. The second-order valence-electron chi connectivity index (χ2n) is 2.48. The molecule has 0 saturated carbocycles. The van der Waals surface area contributed by atoms with Crippen molar-refractivity contribution < 1.29 is 4.74 Å². The van der Waals surface area contributed by atoms with Crippen molar-refractivity contribution in [3.8, 4) is 18.1 Å². The van der Waals surface area contributed by atoms with Gasteiger partial charge in [0.1, 0.15) is 12.4 Å². The van der Waals surface area contributed by atoms with Crippen LogP contribution in [0.5, 0.6) is 5.75 Å². The number of hydrogen-bond donors (Lipinski definition) is 2. The predicted molar refractivity (Wildman–Crippen MR) is 61.2 cm³/mol. The van der Waals surface area contributed by atoms with Gasteiger partial charge in [0.25, 0.3) is 0 Å². The summed E-state index contributed by atoms with van der Waals surface area (Å²) < 4.78 is 5.27. The van der Waals surface area contributed by atoms with Crippen molar-refractivity contribution in [2.45, 2.75) is 0 Å². The minimum atomic E-state index is 0.196. The van der Waals surface area contributed by atoms with Gasteiger partial charge in [0, 0.05) is 0 Å². The van der Waals surface area contributed by atoms with E-state index in [1.165, 1.54) is 0 Å². The summed E-state index contributed by atoms with van der Waals surface area (Å²) in [7, 11) is 0. The monoisotopic (exact) mass is 206 g/mol. The number of anilines is 1. The number of para-hydroxylation sites is 2. The highest BCUT2D eigenvalue weighted by Crippen LogP contribution is 2.23. The van der Waals surface area contributed by atoms with Crippen molar-refractivity contribution in [2.75, 3.05) is 11.9 Å². The molecule has 3 N–H and O–H groups in total. The first kappa shape index (κ1) is 10.4. The molecule has 1 rings (SSSR count). The number of terminal acetylenes is 1. The van der Waals surface area contributed by atoms with Gasteiger partial charge in [-0.2, -0.15) is 0 Å². The van der Waals surface area contributed by atoms with E-state index in [0.29, 0.717) is 5.75 Å². The zero-order valence-corrected chi connectivity index (χ0v) is 8.30. The van der Waals surface area contributed by atoms with E-state index in [1.807, 2.05) is 18.2 Å². The van der Waals surface area contributed by atoms with Gasteiger partial charge in [0.15, 0.2) is 5.11 Å². The van der Waals surface area contributed by atoms with Gasteiger partial charge >= 0.3 is 0 Å². The topological polar surface area (TPSA) is 47.3 Å². The smallest absolute Gasteiger partial charge is 0.168 e. The average Bonchev–Trinajstić information content (AvgIpc) is 2.16. The van der Waals surface area contributed by atoms with Crippen molar-refractivity contribution in [3.05, 3.63) is 24.3 Å². The van der Waals surface area contributed by atoms with Gasteiger partial charge in [-0.3, -0.25) is 0 Å². The molecule has 0 atom stereocenters. The third-order valence-corrected chi connectivity index (χ3v) is 1.56. The van der Waals surface area contributed by atoms with E-state index in [4.69, 9.17) is 29.1 Å². The SMILES string of the molecule is C#CCOc1ccccc1NC(N)=S. The van der Waals surface area contributed by atoms with E-state index in [9.17, 15) is 0 Å². The molecular weight excluding hydrogens is 196 g/mol. The van der Waals surface area contributed by atoms with Crippen molar-refractivity contribution in [1.29, 1.82) is 0 Å². The number of nitrogens with one attached hydrogen (secondary N) is 1. The van der Waals surface area contributed by atoms with Crippen molar-refractivity contribution in [2.24, 2.45) is 5.73 Å². The predicted octanol–water partition coefficient (Wildman–Crippen LogP) is 1.35. The fourth-order valence-electron chi connectivity index (χ4n) is 0.948. The van der Waals surface area contributed by atoms with Gasteiger partial charge in [0.05, 0.1) is 5.69 Å². The van der Waals surface area contributed by atoms with Crippen molar-refractivity contribution >= 4 is 23.0 Å². The molecule has 0 amide bonds. The molecule has 0 radical (unpaired) electrons. The largest absolute Gasteiger partial charge is 0.479 e. The van der Waals surface area contributed by atoms with E-state index < -0.39 is 0 Å². The van der Waals surface area contributed by atoms with Crippen LogP contribution in [0.15, 0.2) is 24.3 Å². The lowest BCUT2D eigenvalue weighted by molar-refractivity contribution is 0.372. The Labute approximate surface area is 88.3 Å². The molecule has 0 bridgehead atoms. The maximum Gasteiger partial charge on any atom is 0.168 e. The first-order chi connectivity index (χ1) is 6.74. The van der Waals surface area contributed by atoms with Gasteiger partial charge < -0.3 is 15.8 Å². The molecule has 0 fully saturated rings. The molecule has 1 aromatic rings. The van der Waals surface area contributed by atoms with Crippen LogP contribution in [-0.2, 0) is 0 Å². The van der Waals surface area contributed by atoms with Crippen molar-refractivity contribution in [3.63, 3.8) is 0 Å². The molecule has 72 valence electrons. The zero-order chi connectivity index (χ0) is 10.4. The van der Waals surface area contributed by atoms with Gasteiger partial charge in [-0.15, -0.1) is 6.42 Å². The molecule has 1 aromatic carbocycles. The summed E-state index contributed by atoms with van der Waals surface area (Å²) in [6.07, 6.45) is 5.08. The van der Waals surface area contributed by atoms with Crippen LogP contribution >= 0.6 is 12.2 Å². The van der Waals surface area contributed by atoms with Crippen LogP contribution in [0.25, 0.3) is 0 Å². The maximum atomic E-state index is 5.35. The number of thiocarbonyl (C=S) groups is 1. The van der Waals surface area contributed by atoms with E-state index in [2.05, 4.69) is 11.2 Å². The highest BCUT2D eigenvalue weighted by molar-refractivity contribution is 7.80. The Morgan fingerprint density at radius 1 is 1.57 bits per heavy atom. The van der Waals surface area contributed by atoms with Crippen LogP contribution in [-0.4, -0.2) is 11.7 Å². The summed E-state index contributed by atoms with van der Waals surface area (Å²) in [5, 5.41) is 2.99. The van der Waals surface area contributed by atoms with Crippen molar-refractivity contribution in [1.82, 2.24) is 0 Å². The molecular formula is C10H10N2OS.